The largest absolute Gasteiger partial charge is 0.493 e. The molecule has 0 aromatic heterocycles. The number of nitrogens with one attached hydrogen (secondary N) is 1. The summed E-state index contributed by atoms with van der Waals surface area (Å²) in [6.07, 6.45) is -0.591. The van der Waals surface area contributed by atoms with Gasteiger partial charge in [-0.2, -0.15) is 0 Å². The molecule has 1 fully saturated rings. The zero-order valence-corrected chi connectivity index (χ0v) is 17.5. The zero-order chi connectivity index (χ0) is 21.8. The molecule has 1 heterocycles. The van der Waals surface area contributed by atoms with E-state index in [0.29, 0.717) is 30.2 Å². The second-order valence-electron chi connectivity index (χ2n) is 7.28. The molecule has 3 rings (SSSR count). The average molecular weight is 420 g/mol. The van der Waals surface area contributed by atoms with Gasteiger partial charge in [-0.15, -0.1) is 0 Å². The minimum absolute atomic E-state index is 0.0750. The van der Waals surface area contributed by atoms with Crippen molar-refractivity contribution in [3.63, 3.8) is 0 Å². The van der Waals surface area contributed by atoms with Gasteiger partial charge in [-0.05, 0) is 43.7 Å². The van der Waals surface area contributed by atoms with E-state index in [0.717, 1.165) is 6.07 Å². The van der Waals surface area contributed by atoms with Crippen LogP contribution >= 0.6 is 0 Å². The number of hydrogen-bond donors (Lipinski definition) is 1. The van der Waals surface area contributed by atoms with Crippen molar-refractivity contribution in [1.29, 1.82) is 0 Å². The van der Waals surface area contributed by atoms with E-state index < -0.39 is 24.3 Å². The van der Waals surface area contributed by atoms with Gasteiger partial charge in [0.2, 0.25) is 0 Å². The monoisotopic (exact) mass is 420 g/mol. The molecule has 1 N–H and O–H groups in total. The fourth-order valence-electron chi connectivity index (χ4n) is 3.66. The summed E-state index contributed by atoms with van der Waals surface area (Å²) in [5, 5.41) is 3.22. The average Bonchev–Trinajstić information content (AvgIpc) is 2.73. The summed E-state index contributed by atoms with van der Waals surface area (Å²) in [7, 11) is 2.98. The van der Waals surface area contributed by atoms with Gasteiger partial charge >= 0.3 is 6.09 Å². The van der Waals surface area contributed by atoms with Crippen LogP contribution in [0.3, 0.4) is 0 Å². The smallest absolute Gasteiger partial charge is 0.410 e. The lowest BCUT2D eigenvalue weighted by atomic mass is 10.0. The van der Waals surface area contributed by atoms with E-state index in [1.807, 2.05) is 13.8 Å². The summed E-state index contributed by atoms with van der Waals surface area (Å²) >= 11 is 0. The van der Waals surface area contributed by atoms with Crippen LogP contribution in [0, 0.1) is 11.6 Å². The van der Waals surface area contributed by atoms with Crippen LogP contribution < -0.4 is 14.8 Å². The zero-order valence-electron chi connectivity index (χ0n) is 17.5. The summed E-state index contributed by atoms with van der Waals surface area (Å²) in [5.41, 5.74) is 0.362. The first-order valence-electron chi connectivity index (χ1n) is 9.72. The first-order valence-corrected chi connectivity index (χ1v) is 9.72. The molecule has 0 spiro atoms. The summed E-state index contributed by atoms with van der Waals surface area (Å²) in [4.78, 5) is 14.1. The number of piperazine rings is 1. The predicted molar refractivity (Wildman–Crippen MR) is 109 cm³/mol. The summed E-state index contributed by atoms with van der Waals surface area (Å²) in [6.45, 7) is 4.56. The lowest BCUT2D eigenvalue weighted by Crippen LogP contribution is -2.57. The van der Waals surface area contributed by atoms with E-state index in [9.17, 15) is 9.18 Å². The summed E-state index contributed by atoms with van der Waals surface area (Å²) < 4.78 is 45.2. The van der Waals surface area contributed by atoms with Crippen LogP contribution in [0.25, 0.3) is 11.1 Å². The van der Waals surface area contributed by atoms with Crippen molar-refractivity contribution >= 4 is 6.09 Å². The summed E-state index contributed by atoms with van der Waals surface area (Å²) in [6, 6.07) is 7.26. The molecule has 0 unspecified atom stereocenters. The third kappa shape index (κ3) is 4.33. The van der Waals surface area contributed by atoms with E-state index >= 15 is 4.39 Å². The summed E-state index contributed by atoms with van der Waals surface area (Å²) in [5.74, 6) is -0.632. The van der Waals surface area contributed by atoms with Crippen LogP contribution in [0.1, 0.15) is 19.4 Å². The molecule has 162 valence electrons. The van der Waals surface area contributed by atoms with Crippen molar-refractivity contribution in [2.75, 3.05) is 27.3 Å². The molecule has 0 aliphatic carbocycles. The molecule has 1 aliphatic rings. The molecular weight excluding hydrogens is 394 g/mol. The van der Waals surface area contributed by atoms with Gasteiger partial charge in [0.1, 0.15) is 18.2 Å². The molecule has 2 aromatic carbocycles. The Labute approximate surface area is 174 Å². The molecule has 1 aliphatic heterocycles. The number of hydrogen-bond acceptors (Lipinski definition) is 5. The fourth-order valence-corrected chi connectivity index (χ4v) is 3.66. The van der Waals surface area contributed by atoms with Gasteiger partial charge in [-0.25, -0.2) is 13.6 Å². The minimum atomic E-state index is -0.781. The van der Waals surface area contributed by atoms with Crippen molar-refractivity contribution < 1.29 is 27.8 Å². The van der Waals surface area contributed by atoms with Crippen molar-refractivity contribution in [3.8, 4) is 22.6 Å². The quantitative estimate of drug-likeness (QED) is 0.793. The highest BCUT2D eigenvalue weighted by Gasteiger charge is 2.30. The Bertz CT molecular complexity index is 912. The third-order valence-corrected chi connectivity index (χ3v) is 5.26. The molecule has 0 saturated carbocycles. The molecule has 1 saturated heterocycles. The Morgan fingerprint density at radius 3 is 2.37 bits per heavy atom. The number of methoxy groups -OCH3 is 2. The molecule has 2 aromatic rings. The lowest BCUT2D eigenvalue weighted by Gasteiger charge is -2.38. The number of nitrogens with zero attached hydrogens (tertiary/aromatic N) is 1. The van der Waals surface area contributed by atoms with Gasteiger partial charge < -0.3 is 24.4 Å². The Hall–Kier alpha value is -2.87. The highest BCUT2D eigenvalue weighted by molar-refractivity contribution is 5.70. The van der Waals surface area contributed by atoms with E-state index in [1.54, 1.807) is 23.1 Å². The number of carbonyl (C=O) groups excluding carboxylic acids is 1. The van der Waals surface area contributed by atoms with Crippen LogP contribution in [0.2, 0.25) is 0 Å². The van der Waals surface area contributed by atoms with E-state index in [4.69, 9.17) is 14.2 Å². The Morgan fingerprint density at radius 1 is 1.07 bits per heavy atom. The number of carbonyl (C=O) groups is 1. The van der Waals surface area contributed by atoms with Gasteiger partial charge in [-0.3, -0.25) is 0 Å². The topological polar surface area (TPSA) is 60.0 Å². The van der Waals surface area contributed by atoms with E-state index in [-0.39, 0.29) is 23.2 Å². The molecular formula is C22H26F2N2O4. The molecule has 6 nitrogen and oxygen atoms in total. The standard InChI is InChI=1S/C22H26F2N2O4/c1-13-10-25-11-14(2)26(13)22(27)30-12-17-18(23)7-6-16(21(17)24)15-5-8-19(28-3)20(9-15)29-4/h5-9,13-14,25H,10-12H2,1-4H3/t13-,14+. The molecule has 8 heteroatoms. The third-order valence-electron chi connectivity index (χ3n) is 5.26. The second kappa shape index (κ2) is 9.30. The Morgan fingerprint density at radius 2 is 1.73 bits per heavy atom. The van der Waals surface area contributed by atoms with Gasteiger partial charge in [0.15, 0.2) is 11.5 Å². The number of halogens is 2. The highest BCUT2D eigenvalue weighted by Crippen LogP contribution is 2.34. The van der Waals surface area contributed by atoms with Crippen molar-refractivity contribution in [2.24, 2.45) is 0 Å². The molecule has 1 amide bonds. The Kier molecular flexibility index (Phi) is 6.77. The SMILES string of the molecule is COc1ccc(-c2ccc(F)c(COC(=O)N3[C@H](C)CNC[C@@H]3C)c2F)cc1OC. The van der Waals surface area contributed by atoms with Crippen molar-refractivity contribution in [3.05, 3.63) is 47.5 Å². The number of amides is 1. The van der Waals surface area contributed by atoms with Gasteiger partial charge in [0.25, 0.3) is 0 Å². The maximum atomic E-state index is 15.2. The van der Waals surface area contributed by atoms with Crippen molar-refractivity contribution in [1.82, 2.24) is 10.2 Å². The van der Waals surface area contributed by atoms with Gasteiger partial charge in [-0.1, -0.05) is 6.07 Å². The highest BCUT2D eigenvalue weighted by atomic mass is 19.1. The normalized spacial score (nSPS) is 18.8. The van der Waals surface area contributed by atoms with E-state index in [2.05, 4.69) is 5.32 Å². The van der Waals surface area contributed by atoms with E-state index in [1.165, 1.54) is 20.3 Å². The molecule has 0 radical (unpaired) electrons. The molecule has 0 bridgehead atoms. The number of ether oxygens (including phenoxy) is 3. The van der Waals surface area contributed by atoms with Crippen LogP contribution in [0.5, 0.6) is 11.5 Å². The first kappa shape index (κ1) is 21.8. The van der Waals surface area contributed by atoms with Crippen LogP contribution in [0.15, 0.2) is 30.3 Å². The maximum absolute atomic E-state index is 15.2. The minimum Gasteiger partial charge on any atom is -0.493 e. The first-order chi connectivity index (χ1) is 14.4. The predicted octanol–water partition coefficient (Wildman–Crippen LogP) is 3.97. The van der Waals surface area contributed by atoms with Gasteiger partial charge in [0.05, 0.1) is 19.8 Å². The van der Waals surface area contributed by atoms with Gasteiger partial charge in [0, 0.05) is 30.7 Å². The van der Waals surface area contributed by atoms with Crippen molar-refractivity contribution in [2.45, 2.75) is 32.5 Å². The van der Waals surface area contributed by atoms with Crippen LogP contribution in [-0.2, 0) is 11.3 Å². The fraction of sp³-hybridized carbons (Fsp3) is 0.409. The Balaban J connectivity index is 1.84. The lowest BCUT2D eigenvalue weighted by molar-refractivity contribution is 0.0552. The molecule has 30 heavy (non-hydrogen) atoms. The molecule has 2 atom stereocenters. The maximum Gasteiger partial charge on any atom is 0.410 e. The van der Waals surface area contributed by atoms with Crippen LogP contribution in [-0.4, -0.2) is 50.4 Å². The number of benzene rings is 2. The second-order valence-corrected chi connectivity index (χ2v) is 7.28. The van der Waals surface area contributed by atoms with Crippen LogP contribution in [0.4, 0.5) is 13.6 Å². The number of rotatable bonds is 5.